The Hall–Kier alpha value is -7.23. The zero-order chi connectivity index (χ0) is 42.4. The number of nitrogens with two attached hydrogens (primary N) is 2. The number of methoxy groups -OCH3 is 2. The molecule has 0 radical (unpaired) electrons. The van der Waals surface area contributed by atoms with Crippen LogP contribution in [0.1, 0.15) is 87.1 Å². The molecule has 4 aromatic carbocycles. The molecule has 16 nitrogen and oxygen atoms in total. The molecule has 2 aliphatic rings. The summed E-state index contributed by atoms with van der Waals surface area (Å²) in [7, 11) is 3.10. The van der Waals surface area contributed by atoms with Crippen LogP contribution in [-0.4, -0.2) is 71.9 Å². The van der Waals surface area contributed by atoms with E-state index in [1.807, 2.05) is 12.1 Å². The zero-order valence-electron chi connectivity index (χ0n) is 33.2. The van der Waals surface area contributed by atoms with Gasteiger partial charge < -0.3 is 56.0 Å². The minimum absolute atomic E-state index is 0.0397. The van der Waals surface area contributed by atoms with Crippen molar-refractivity contribution < 1.29 is 48.3 Å². The first-order valence-electron chi connectivity index (χ1n) is 19.5. The van der Waals surface area contributed by atoms with Crippen LogP contribution in [0.4, 0.5) is 11.8 Å². The predicted octanol–water partition coefficient (Wildman–Crippen LogP) is 5.49. The molecule has 0 fully saturated rings. The molecule has 312 valence electrons. The lowest BCUT2D eigenvalue weighted by atomic mass is 9.77. The van der Waals surface area contributed by atoms with Crippen LogP contribution in [0, 0.1) is 0 Å². The summed E-state index contributed by atoms with van der Waals surface area (Å²) in [6, 6.07) is 17.6. The summed E-state index contributed by atoms with van der Waals surface area (Å²) < 4.78 is 29.3. The number of aromatic hydroxyl groups is 2. The van der Waals surface area contributed by atoms with Crippen LogP contribution in [0.2, 0.25) is 0 Å². The summed E-state index contributed by atoms with van der Waals surface area (Å²) in [5.74, 6) is 1.34. The Morgan fingerprint density at radius 3 is 2.10 bits per heavy atom. The average molecular weight is 819 g/mol. The summed E-state index contributed by atoms with van der Waals surface area (Å²) in [4.78, 5) is 47.0. The highest BCUT2D eigenvalue weighted by molar-refractivity contribution is 6.01. The number of rotatable bonds is 17. The first-order valence-corrected chi connectivity index (χ1v) is 19.5. The normalized spacial score (nSPS) is 13.0. The Labute approximate surface area is 345 Å². The van der Waals surface area contributed by atoms with Gasteiger partial charge in [-0.2, -0.15) is 4.98 Å². The van der Waals surface area contributed by atoms with Gasteiger partial charge in [0.25, 0.3) is 5.91 Å². The van der Waals surface area contributed by atoms with Crippen molar-refractivity contribution in [1.29, 1.82) is 0 Å². The quantitative estimate of drug-likeness (QED) is 0.0502. The molecule has 0 saturated carbocycles. The van der Waals surface area contributed by atoms with Crippen LogP contribution in [0.15, 0.2) is 72.9 Å². The van der Waals surface area contributed by atoms with Crippen LogP contribution in [0.3, 0.4) is 0 Å². The van der Waals surface area contributed by atoms with E-state index in [0.717, 1.165) is 18.4 Å². The Bertz CT molecular complexity index is 2360. The molecule has 0 aliphatic carbocycles. The first-order chi connectivity index (χ1) is 29.0. The standard InChI is InChI=1S/C44H46N6O10/c1-56-36-19-25(18-27-24-49-43(46)50-40(27)45)20-37(57-2)39(36)58-17-7-4-8-38(53)47-15-5-3-6-16-48-41(54)26-9-12-31-30(21-26)42(55)60-44(31)32-13-10-28(51)22-34(32)59-35-23-29(52)11-14-33(35)44/h9-14,19-24,51-52H,3-8,15-18H2,1-2H3,(H,47,53)(H,48,54)(H4,45,46,49,50). The van der Waals surface area contributed by atoms with Crippen LogP contribution in [-0.2, 0) is 21.6 Å². The van der Waals surface area contributed by atoms with E-state index in [4.69, 9.17) is 35.2 Å². The molecule has 7 rings (SSSR count). The van der Waals surface area contributed by atoms with Crippen LogP contribution >= 0.6 is 0 Å². The number of carbonyl (C=O) groups is 3. The number of hydrogen-bond donors (Lipinski definition) is 6. The Kier molecular flexibility index (Phi) is 12.1. The number of nitrogens with zero attached hydrogens (tertiary/aromatic N) is 2. The number of anilines is 2. The van der Waals surface area contributed by atoms with Gasteiger partial charge in [0, 0.05) is 72.1 Å². The fourth-order valence-corrected chi connectivity index (χ4v) is 7.42. The molecule has 16 heteroatoms. The molecule has 0 atom stereocenters. The van der Waals surface area contributed by atoms with Gasteiger partial charge in [-0.15, -0.1) is 0 Å². The molecule has 1 aromatic heterocycles. The molecule has 8 N–H and O–H groups in total. The molecule has 1 spiro atoms. The maximum absolute atomic E-state index is 13.4. The highest BCUT2D eigenvalue weighted by atomic mass is 16.6. The minimum Gasteiger partial charge on any atom is -0.508 e. The second-order valence-electron chi connectivity index (χ2n) is 14.4. The number of nitrogens with one attached hydrogen (secondary N) is 2. The van der Waals surface area contributed by atoms with Gasteiger partial charge in [0.05, 0.1) is 26.4 Å². The van der Waals surface area contributed by atoms with Crippen LogP contribution in [0.25, 0.3) is 0 Å². The molecule has 5 aromatic rings. The Morgan fingerprint density at radius 1 is 0.800 bits per heavy atom. The van der Waals surface area contributed by atoms with Crippen molar-refractivity contribution in [3.63, 3.8) is 0 Å². The van der Waals surface area contributed by atoms with Gasteiger partial charge in [-0.25, -0.2) is 9.78 Å². The van der Waals surface area contributed by atoms with E-state index < -0.39 is 11.6 Å². The maximum Gasteiger partial charge on any atom is 0.340 e. The van der Waals surface area contributed by atoms with Crippen molar-refractivity contribution in [2.75, 3.05) is 45.4 Å². The van der Waals surface area contributed by atoms with Gasteiger partial charge in [0.15, 0.2) is 17.1 Å². The van der Waals surface area contributed by atoms with E-state index in [0.29, 0.717) is 103 Å². The van der Waals surface area contributed by atoms with E-state index in [1.54, 1.807) is 44.7 Å². The second kappa shape index (κ2) is 17.7. The summed E-state index contributed by atoms with van der Waals surface area (Å²) in [6.45, 7) is 1.29. The molecule has 60 heavy (non-hydrogen) atoms. The molecule has 0 saturated heterocycles. The average Bonchev–Trinajstić information content (AvgIpc) is 3.52. The summed E-state index contributed by atoms with van der Waals surface area (Å²) in [5.41, 5.74) is 13.8. The summed E-state index contributed by atoms with van der Waals surface area (Å²) >= 11 is 0. The number of ether oxygens (including phenoxy) is 5. The van der Waals surface area contributed by atoms with Crippen molar-refractivity contribution in [3.8, 4) is 40.2 Å². The van der Waals surface area contributed by atoms with Gasteiger partial charge in [0.2, 0.25) is 17.6 Å². The first kappa shape index (κ1) is 40.9. The summed E-state index contributed by atoms with van der Waals surface area (Å²) in [6.07, 6.45) is 5.87. The maximum atomic E-state index is 13.4. The number of phenols is 2. The van der Waals surface area contributed by atoms with Gasteiger partial charge in [0.1, 0.15) is 28.8 Å². The van der Waals surface area contributed by atoms with Gasteiger partial charge in [-0.05, 0) is 86.2 Å². The molecular formula is C44H46N6O10. The Morgan fingerprint density at radius 2 is 1.45 bits per heavy atom. The minimum atomic E-state index is -1.40. The van der Waals surface area contributed by atoms with E-state index in [2.05, 4.69) is 20.6 Å². The number of nitrogen functional groups attached to an aromatic ring is 2. The lowest BCUT2D eigenvalue weighted by Crippen LogP contribution is -2.33. The number of phenolic OH excluding ortho intramolecular Hbond substituents is 2. The molecule has 2 aliphatic heterocycles. The smallest absolute Gasteiger partial charge is 0.340 e. The lowest BCUT2D eigenvalue weighted by molar-refractivity contribution is -0.121. The molecule has 0 unspecified atom stereocenters. The van der Waals surface area contributed by atoms with Gasteiger partial charge >= 0.3 is 5.97 Å². The van der Waals surface area contributed by atoms with E-state index in [1.165, 1.54) is 30.3 Å². The van der Waals surface area contributed by atoms with Crippen molar-refractivity contribution in [2.24, 2.45) is 0 Å². The summed E-state index contributed by atoms with van der Waals surface area (Å²) in [5, 5.41) is 26.1. The van der Waals surface area contributed by atoms with Gasteiger partial charge in [-0.1, -0.05) is 6.07 Å². The van der Waals surface area contributed by atoms with Gasteiger partial charge in [-0.3, -0.25) is 9.59 Å². The fraction of sp³-hybridized carbons (Fsp3) is 0.295. The number of esters is 1. The third-order valence-electron chi connectivity index (χ3n) is 10.4. The van der Waals surface area contributed by atoms with E-state index in [9.17, 15) is 24.6 Å². The third-order valence-corrected chi connectivity index (χ3v) is 10.4. The zero-order valence-corrected chi connectivity index (χ0v) is 33.2. The fourth-order valence-electron chi connectivity index (χ4n) is 7.42. The number of benzene rings is 4. The van der Waals surface area contributed by atoms with Crippen molar-refractivity contribution >= 4 is 29.5 Å². The highest BCUT2D eigenvalue weighted by Gasteiger charge is 2.53. The predicted molar refractivity (Wildman–Crippen MR) is 220 cm³/mol. The largest absolute Gasteiger partial charge is 0.508 e. The van der Waals surface area contributed by atoms with Crippen molar-refractivity contribution in [1.82, 2.24) is 20.6 Å². The number of fused-ring (bicyclic) bond motifs is 6. The molecule has 3 heterocycles. The van der Waals surface area contributed by atoms with E-state index >= 15 is 0 Å². The topological polar surface area (TPSA) is 240 Å². The number of amides is 2. The second-order valence-corrected chi connectivity index (χ2v) is 14.4. The number of hydrogen-bond acceptors (Lipinski definition) is 14. The van der Waals surface area contributed by atoms with E-state index in [-0.39, 0.29) is 46.3 Å². The number of carbonyl (C=O) groups excluding carboxylic acids is 3. The number of aromatic nitrogens is 2. The molecular weight excluding hydrogens is 773 g/mol. The number of unbranched alkanes of at least 4 members (excludes halogenated alkanes) is 3. The SMILES string of the molecule is COc1cc(Cc2cnc(N)nc2N)cc(OC)c1OCCCCC(=O)NCCCCCNC(=O)c1ccc2c(c1)C(=O)OC21c2ccc(O)cc2Oc2cc(O)ccc21. The van der Waals surface area contributed by atoms with Crippen LogP contribution < -0.4 is 41.0 Å². The molecule has 2 amide bonds. The van der Waals surface area contributed by atoms with Crippen molar-refractivity contribution in [2.45, 2.75) is 50.5 Å². The third kappa shape index (κ3) is 8.48. The lowest BCUT2D eigenvalue weighted by Gasteiger charge is -2.36. The monoisotopic (exact) mass is 818 g/mol. The highest BCUT2D eigenvalue weighted by Crippen LogP contribution is 2.57. The van der Waals surface area contributed by atoms with Crippen molar-refractivity contribution in [3.05, 3.63) is 112 Å². The van der Waals surface area contributed by atoms with Crippen LogP contribution in [0.5, 0.6) is 40.2 Å². The molecule has 0 bridgehead atoms. The Balaban J connectivity index is 0.824.